The third kappa shape index (κ3) is 8.32. The van der Waals surface area contributed by atoms with E-state index < -0.39 is 11.9 Å². The Morgan fingerprint density at radius 1 is 1.13 bits per heavy atom. The second-order valence-electron chi connectivity index (χ2n) is 2.54. The van der Waals surface area contributed by atoms with Gasteiger partial charge in [-0.3, -0.25) is 9.59 Å². The van der Waals surface area contributed by atoms with Gasteiger partial charge >= 0.3 is 11.9 Å². The molecule has 80 valence electrons. The molecule has 0 radical (unpaired) electrons. The molecule has 0 aromatic rings. The van der Waals surface area contributed by atoms with E-state index in [9.17, 15) is 9.59 Å². The van der Waals surface area contributed by atoms with Crippen LogP contribution in [0.2, 0.25) is 0 Å². The van der Waals surface area contributed by atoms with E-state index in [1.807, 2.05) is 0 Å². The second-order valence-corrected chi connectivity index (χ2v) is 2.54. The van der Waals surface area contributed by atoms with Gasteiger partial charge in [-0.25, -0.2) is 0 Å². The fraction of sp³-hybridized carbons (Fsp3) is 0.500. The average Bonchev–Trinajstić information content (AvgIpc) is 2.23. The maximum Gasteiger partial charge on any atom is 0.306 e. The van der Waals surface area contributed by atoms with Crippen molar-refractivity contribution in [1.29, 1.82) is 5.26 Å². The Kier molecular flexibility index (Phi) is 7.43. The molecule has 0 aliphatic heterocycles. The van der Waals surface area contributed by atoms with Gasteiger partial charge in [0.05, 0.1) is 0 Å². The first-order chi connectivity index (χ1) is 7.20. The van der Waals surface area contributed by atoms with Crippen molar-refractivity contribution in [3.63, 3.8) is 0 Å². The van der Waals surface area contributed by atoms with Crippen LogP contribution in [-0.2, 0) is 19.1 Å². The Bertz CT molecular complexity index is 268. The lowest BCUT2D eigenvalue weighted by Gasteiger charge is -2.00. The van der Waals surface area contributed by atoms with Crippen LogP contribution in [0, 0.1) is 23.7 Å². The van der Waals surface area contributed by atoms with Gasteiger partial charge in [0, 0.05) is 12.8 Å². The second kappa shape index (κ2) is 8.58. The smallest absolute Gasteiger partial charge is 0.306 e. The molecule has 0 unspecified atom stereocenters. The van der Waals surface area contributed by atoms with Crippen molar-refractivity contribution in [3.05, 3.63) is 0 Å². The number of hydrogen-bond donors (Lipinski definition) is 0. The molecule has 0 aromatic carbocycles. The summed E-state index contributed by atoms with van der Waals surface area (Å²) in [5, 5.41) is 8.11. The van der Waals surface area contributed by atoms with Crippen LogP contribution in [-0.4, -0.2) is 25.2 Å². The molecule has 0 heterocycles. The van der Waals surface area contributed by atoms with Crippen LogP contribution in [0.5, 0.6) is 0 Å². The third-order valence-corrected chi connectivity index (χ3v) is 1.38. The zero-order valence-corrected chi connectivity index (χ0v) is 8.19. The SMILES string of the molecule is C#CCOC(=O)CCCC(=O)OCC#N. The molecule has 0 fully saturated rings. The Hall–Kier alpha value is -2.01. The van der Waals surface area contributed by atoms with E-state index >= 15 is 0 Å². The van der Waals surface area contributed by atoms with Gasteiger partial charge in [0.1, 0.15) is 6.07 Å². The minimum atomic E-state index is -0.499. The van der Waals surface area contributed by atoms with Crippen molar-refractivity contribution >= 4 is 11.9 Å². The topological polar surface area (TPSA) is 76.4 Å². The lowest BCUT2D eigenvalue weighted by molar-refractivity contribution is -0.144. The Morgan fingerprint density at radius 2 is 1.67 bits per heavy atom. The number of hydrogen-bond acceptors (Lipinski definition) is 5. The largest absolute Gasteiger partial charge is 0.452 e. The first-order valence-corrected chi connectivity index (χ1v) is 4.32. The highest BCUT2D eigenvalue weighted by atomic mass is 16.5. The molecule has 0 bridgehead atoms. The van der Waals surface area contributed by atoms with Gasteiger partial charge in [0.15, 0.2) is 13.2 Å². The Morgan fingerprint density at radius 3 is 2.13 bits per heavy atom. The van der Waals surface area contributed by atoms with Crippen LogP contribution < -0.4 is 0 Å². The van der Waals surface area contributed by atoms with E-state index in [-0.39, 0.29) is 26.1 Å². The summed E-state index contributed by atoms with van der Waals surface area (Å²) < 4.78 is 9.04. The van der Waals surface area contributed by atoms with Crippen molar-refractivity contribution in [2.45, 2.75) is 19.3 Å². The number of terminal acetylenes is 1. The molecule has 0 saturated carbocycles. The van der Waals surface area contributed by atoms with Crippen molar-refractivity contribution < 1.29 is 19.1 Å². The lowest BCUT2D eigenvalue weighted by Crippen LogP contribution is -2.08. The maximum atomic E-state index is 10.9. The minimum absolute atomic E-state index is 0.0578. The zero-order valence-electron chi connectivity index (χ0n) is 8.19. The molecule has 0 aliphatic rings. The van der Waals surface area contributed by atoms with E-state index in [4.69, 9.17) is 11.7 Å². The Labute approximate surface area is 88.0 Å². The number of carbonyl (C=O) groups excluding carboxylic acids is 2. The number of nitrogens with zero attached hydrogens (tertiary/aromatic N) is 1. The summed E-state index contributed by atoms with van der Waals surface area (Å²) in [5.74, 6) is 1.21. The van der Waals surface area contributed by atoms with Crippen LogP contribution in [0.25, 0.3) is 0 Å². The molecule has 0 N–H and O–H groups in total. The lowest BCUT2D eigenvalue weighted by atomic mass is 10.2. The first kappa shape index (κ1) is 13.0. The standard InChI is InChI=1S/C10H11NO4/c1-2-7-14-9(12)4-3-5-10(13)15-8-6-11/h1H,3-5,7-8H2. The summed E-state index contributed by atoms with van der Waals surface area (Å²) >= 11 is 0. The highest BCUT2D eigenvalue weighted by molar-refractivity contribution is 5.72. The van der Waals surface area contributed by atoms with Crippen molar-refractivity contribution in [3.8, 4) is 18.4 Å². The average molecular weight is 209 g/mol. The molecule has 0 spiro atoms. The van der Waals surface area contributed by atoms with Gasteiger partial charge in [0.25, 0.3) is 0 Å². The number of nitriles is 1. The summed E-state index contributed by atoms with van der Waals surface area (Å²) in [4.78, 5) is 21.7. The van der Waals surface area contributed by atoms with E-state index in [1.165, 1.54) is 0 Å². The molecule has 0 aromatic heterocycles. The van der Waals surface area contributed by atoms with E-state index in [0.29, 0.717) is 6.42 Å². The van der Waals surface area contributed by atoms with Gasteiger partial charge in [-0.15, -0.1) is 6.42 Å². The molecule has 5 nitrogen and oxygen atoms in total. The van der Waals surface area contributed by atoms with Gasteiger partial charge < -0.3 is 9.47 Å². The number of rotatable bonds is 6. The van der Waals surface area contributed by atoms with Gasteiger partial charge in [-0.05, 0) is 6.42 Å². The highest BCUT2D eigenvalue weighted by Crippen LogP contribution is 1.99. The fourth-order valence-electron chi connectivity index (χ4n) is 0.756. The highest BCUT2D eigenvalue weighted by Gasteiger charge is 2.06. The molecule has 0 saturated heterocycles. The molecule has 0 aliphatic carbocycles. The first-order valence-electron chi connectivity index (χ1n) is 4.32. The van der Waals surface area contributed by atoms with Crippen molar-refractivity contribution in [2.24, 2.45) is 0 Å². The van der Waals surface area contributed by atoms with E-state index in [2.05, 4.69) is 15.4 Å². The summed E-state index contributed by atoms with van der Waals surface area (Å²) in [6.45, 7) is -0.321. The fourth-order valence-corrected chi connectivity index (χ4v) is 0.756. The molecular formula is C10H11NO4. The van der Waals surface area contributed by atoms with Crippen LogP contribution in [0.3, 0.4) is 0 Å². The number of esters is 2. The summed E-state index contributed by atoms with van der Waals surface area (Å²) in [7, 11) is 0. The maximum absolute atomic E-state index is 10.9. The molecule has 0 rings (SSSR count). The molecule has 0 amide bonds. The van der Waals surface area contributed by atoms with Crippen molar-refractivity contribution in [1.82, 2.24) is 0 Å². The number of carbonyl (C=O) groups is 2. The number of ether oxygens (including phenoxy) is 2. The summed E-state index contributed by atoms with van der Waals surface area (Å²) in [6.07, 6.45) is 5.41. The van der Waals surface area contributed by atoms with Crippen LogP contribution in [0.1, 0.15) is 19.3 Å². The van der Waals surface area contributed by atoms with Crippen LogP contribution in [0.4, 0.5) is 0 Å². The van der Waals surface area contributed by atoms with Gasteiger partial charge in [0.2, 0.25) is 0 Å². The summed E-state index contributed by atoms with van der Waals surface area (Å²) in [5.41, 5.74) is 0. The quantitative estimate of drug-likeness (QED) is 0.467. The monoisotopic (exact) mass is 209 g/mol. The van der Waals surface area contributed by atoms with E-state index in [0.717, 1.165) is 0 Å². The molecular weight excluding hydrogens is 198 g/mol. The van der Waals surface area contributed by atoms with Crippen LogP contribution in [0.15, 0.2) is 0 Å². The molecule has 0 atom stereocenters. The third-order valence-electron chi connectivity index (χ3n) is 1.38. The minimum Gasteiger partial charge on any atom is -0.452 e. The predicted molar refractivity (Wildman–Crippen MR) is 50.2 cm³/mol. The Balaban J connectivity index is 3.46. The van der Waals surface area contributed by atoms with Crippen LogP contribution >= 0.6 is 0 Å². The zero-order chi connectivity index (χ0) is 11.5. The van der Waals surface area contributed by atoms with Gasteiger partial charge in [-0.1, -0.05) is 5.92 Å². The van der Waals surface area contributed by atoms with Crippen molar-refractivity contribution in [2.75, 3.05) is 13.2 Å². The summed E-state index contributed by atoms with van der Waals surface area (Å²) in [6, 6.07) is 1.67. The van der Waals surface area contributed by atoms with Gasteiger partial charge in [-0.2, -0.15) is 5.26 Å². The normalized spacial score (nSPS) is 8.40. The molecule has 15 heavy (non-hydrogen) atoms. The predicted octanol–water partition coefficient (Wildman–Crippen LogP) is 0.400. The molecule has 5 heteroatoms. The van der Waals surface area contributed by atoms with E-state index in [1.54, 1.807) is 6.07 Å².